The Labute approximate surface area is 76.6 Å². The number of hydrogen-bond donors (Lipinski definition) is 4. The molecule has 0 rings (SSSR count). The number of aliphatic imine (C=N–C) groups is 1. The lowest BCUT2D eigenvalue weighted by atomic mass is 10.1. The molecule has 0 heterocycles. The highest BCUT2D eigenvalue weighted by molar-refractivity contribution is 5.78. The third kappa shape index (κ3) is 3.47. The van der Waals surface area contributed by atoms with E-state index in [0.717, 1.165) is 0 Å². The quantitative estimate of drug-likeness (QED) is 0.339. The van der Waals surface area contributed by atoms with Crippen molar-refractivity contribution in [1.29, 1.82) is 0 Å². The first kappa shape index (κ1) is 12.5. The molecule has 0 aromatic carbocycles. The van der Waals surface area contributed by atoms with Crippen LogP contribution < -0.4 is 17.2 Å². The van der Waals surface area contributed by atoms with Gasteiger partial charge in [0.15, 0.2) is 12.0 Å². The molecule has 0 saturated carbocycles. The lowest BCUT2D eigenvalue weighted by Gasteiger charge is -2.19. The molecule has 14 heavy (non-hydrogen) atoms. The molecule has 0 bridgehead atoms. The molecule has 6 nitrogen and oxygen atoms in total. The number of alkyl halides is 3. The number of rotatable bonds is 3. The van der Waals surface area contributed by atoms with Crippen molar-refractivity contribution in [2.24, 2.45) is 22.2 Å². The second kappa shape index (κ2) is 4.13. The van der Waals surface area contributed by atoms with Crippen molar-refractivity contribution in [2.45, 2.75) is 18.3 Å². The van der Waals surface area contributed by atoms with Gasteiger partial charge in [-0.05, 0) is 0 Å². The second-order valence-electron chi connectivity index (χ2n) is 2.40. The van der Waals surface area contributed by atoms with Crippen molar-refractivity contribution in [3.05, 3.63) is 0 Å². The number of carboxylic acid groups (broad SMARTS) is 1. The van der Waals surface area contributed by atoms with E-state index in [1.54, 1.807) is 0 Å². The van der Waals surface area contributed by atoms with Gasteiger partial charge in [-0.3, -0.25) is 4.79 Å². The fourth-order valence-electron chi connectivity index (χ4n) is 0.653. The van der Waals surface area contributed by atoms with E-state index in [9.17, 15) is 18.0 Å². The topological polar surface area (TPSA) is 128 Å². The van der Waals surface area contributed by atoms with Crippen LogP contribution in [0.1, 0.15) is 0 Å². The molecule has 0 aromatic rings. The van der Waals surface area contributed by atoms with Crippen molar-refractivity contribution in [1.82, 2.24) is 0 Å². The number of nitrogens with two attached hydrogens (primary N) is 3. The third-order valence-corrected chi connectivity index (χ3v) is 1.25. The average Bonchev–Trinajstić information content (AvgIpc) is 1.96. The lowest BCUT2D eigenvalue weighted by Crippen LogP contribution is -2.50. The Balaban J connectivity index is 4.93. The fourth-order valence-corrected chi connectivity index (χ4v) is 0.653. The van der Waals surface area contributed by atoms with E-state index in [1.807, 2.05) is 0 Å². The Morgan fingerprint density at radius 1 is 1.36 bits per heavy atom. The van der Waals surface area contributed by atoms with Crippen LogP contribution in [-0.2, 0) is 4.79 Å². The summed E-state index contributed by atoms with van der Waals surface area (Å²) >= 11 is 0. The van der Waals surface area contributed by atoms with Crippen LogP contribution in [0.5, 0.6) is 0 Å². The number of hydrogen-bond acceptors (Lipinski definition) is 3. The van der Waals surface area contributed by atoms with Crippen LogP contribution in [0.2, 0.25) is 0 Å². The molecule has 0 aliphatic rings. The van der Waals surface area contributed by atoms with Gasteiger partial charge in [0, 0.05) is 0 Å². The van der Waals surface area contributed by atoms with E-state index < -0.39 is 30.2 Å². The Morgan fingerprint density at radius 2 is 1.79 bits per heavy atom. The highest BCUT2D eigenvalue weighted by Crippen LogP contribution is 2.24. The number of guanidine groups is 1. The molecule has 82 valence electrons. The van der Waals surface area contributed by atoms with Gasteiger partial charge in [0.1, 0.15) is 6.04 Å². The molecule has 0 radical (unpaired) electrons. The smallest absolute Gasteiger partial charge is 0.413 e. The van der Waals surface area contributed by atoms with Crippen LogP contribution in [0.25, 0.3) is 0 Å². The van der Waals surface area contributed by atoms with Gasteiger partial charge in [0.2, 0.25) is 0 Å². The monoisotopic (exact) mass is 214 g/mol. The summed E-state index contributed by atoms with van der Waals surface area (Å²) in [5, 5.41) is 8.25. The maximum absolute atomic E-state index is 12.1. The standard InChI is InChI=1S/C5H9F3N4O2/c6-5(7,8)2(12-4(10)11)1(9)3(13)14/h1-2H,9H2,(H,13,14)(H4,10,11,12)/t1?,2-/m0/s1. The van der Waals surface area contributed by atoms with Gasteiger partial charge in [0.05, 0.1) is 0 Å². The summed E-state index contributed by atoms with van der Waals surface area (Å²) in [6.45, 7) is 0. The predicted octanol–water partition coefficient (Wildman–Crippen LogP) is -1.40. The lowest BCUT2D eigenvalue weighted by molar-refractivity contribution is -0.164. The van der Waals surface area contributed by atoms with Gasteiger partial charge in [-0.25, -0.2) is 4.99 Å². The van der Waals surface area contributed by atoms with Crippen molar-refractivity contribution in [3.63, 3.8) is 0 Å². The Kier molecular flexibility index (Phi) is 3.69. The molecule has 9 heteroatoms. The Bertz CT molecular complexity index is 248. The van der Waals surface area contributed by atoms with Gasteiger partial charge in [-0.1, -0.05) is 0 Å². The summed E-state index contributed by atoms with van der Waals surface area (Å²) in [6.07, 6.45) is -4.90. The van der Waals surface area contributed by atoms with Gasteiger partial charge in [-0.15, -0.1) is 0 Å². The van der Waals surface area contributed by atoms with Crippen molar-refractivity contribution in [2.75, 3.05) is 0 Å². The molecule has 0 aliphatic carbocycles. The highest BCUT2D eigenvalue weighted by Gasteiger charge is 2.46. The first-order valence-corrected chi connectivity index (χ1v) is 3.30. The molecule has 0 aromatic heterocycles. The minimum atomic E-state index is -4.90. The summed E-state index contributed by atoms with van der Waals surface area (Å²) in [5.74, 6) is -2.71. The molecule has 0 fully saturated rings. The van der Waals surface area contributed by atoms with E-state index in [-0.39, 0.29) is 0 Å². The Morgan fingerprint density at radius 3 is 2.00 bits per heavy atom. The summed E-state index contributed by atoms with van der Waals surface area (Å²) in [7, 11) is 0. The van der Waals surface area contributed by atoms with E-state index in [1.165, 1.54) is 0 Å². The van der Waals surface area contributed by atoms with Crippen LogP contribution in [0.3, 0.4) is 0 Å². The second-order valence-corrected chi connectivity index (χ2v) is 2.40. The van der Waals surface area contributed by atoms with Gasteiger partial charge in [-0.2, -0.15) is 13.2 Å². The van der Waals surface area contributed by atoms with E-state index in [0.29, 0.717) is 0 Å². The molecule has 7 N–H and O–H groups in total. The molecule has 0 aliphatic heterocycles. The zero-order chi connectivity index (χ0) is 11.5. The van der Waals surface area contributed by atoms with Crippen LogP contribution in [0, 0.1) is 0 Å². The van der Waals surface area contributed by atoms with E-state index >= 15 is 0 Å². The fraction of sp³-hybridized carbons (Fsp3) is 0.600. The van der Waals surface area contributed by atoms with Crippen LogP contribution in [0.4, 0.5) is 13.2 Å². The van der Waals surface area contributed by atoms with Crippen molar-refractivity contribution >= 4 is 11.9 Å². The molecule has 2 atom stereocenters. The summed E-state index contributed by atoms with van der Waals surface area (Å²) < 4.78 is 36.4. The van der Waals surface area contributed by atoms with Crippen LogP contribution in [-0.4, -0.2) is 35.3 Å². The molecular formula is C5H9F3N4O2. The average molecular weight is 214 g/mol. The largest absolute Gasteiger partial charge is 0.480 e. The number of aliphatic carboxylic acids is 1. The maximum Gasteiger partial charge on any atom is 0.413 e. The number of carbonyl (C=O) groups is 1. The minimum absolute atomic E-state index is 0.871. The molecular weight excluding hydrogens is 205 g/mol. The summed E-state index contributed by atoms with van der Waals surface area (Å²) in [5.41, 5.74) is 14.2. The van der Waals surface area contributed by atoms with Gasteiger partial charge < -0.3 is 22.3 Å². The van der Waals surface area contributed by atoms with E-state index in [2.05, 4.69) is 4.99 Å². The highest BCUT2D eigenvalue weighted by atomic mass is 19.4. The van der Waals surface area contributed by atoms with Crippen molar-refractivity contribution < 1.29 is 23.1 Å². The number of nitrogens with zero attached hydrogens (tertiary/aromatic N) is 1. The third-order valence-electron chi connectivity index (χ3n) is 1.25. The van der Waals surface area contributed by atoms with Crippen molar-refractivity contribution in [3.8, 4) is 0 Å². The van der Waals surface area contributed by atoms with Crippen LogP contribution in [0.15, 0.2) is 4.99 Å². The Hall–Kier alpha value is -1.51. The van der Waals surface area contributed by atoms with E-state index in [4.69, 9.17) is 22.3 Å². The number of carboxylic acids is 1. The molecule has 1 unspecified atom stereocenters. The first-order valence-electron chi connectivity index (χ1n) is 3.30. The first-order chi connectivity index (χ1) is 6.16. The molecule has 0 saturated heterocycles. The predicted molar refractivity (Wildman–Crippen MR) is 41.3 cm³/mol. The number of halogens is 3. The summed E-state index contributed by atoms with van der Waals surface area (Å²) in [4.78, 5) is 12.9. The zero-order valence-electron chi connectivity index (χ0n) is 6.82. The van der Waals surface area contributed by atoms with Gasteiger partial charge in [0.25, 0.3) is 0 Å². The minimum Gasteiger partial charge on any atom is -0.480 e. The normalized spacial score (nSPS) is 15.7. The molecule has 0 spiro atoms. The molecule has 0 amide bonds. The zero-order valence-corrected chi connectivity index (χ0v) is 6.82. The van der Waals surface area contributed by atoms with Crippen LogP contribution >= 0.6 is 0 Å². The maximum atomic E-state index is 12.1. The SMILES string of the molecule is NC(N)=N[C@@H](C(N)C(=O)O)C(F)(F)F. The van der Waals surface area contributed by atoms with Gasteiger partial charge >= 0.3 is 12.1 Å². The summed E-state index contributed by atoms with van der Waals surface area (Å²) in [6, 6.07) is -4.86.